The fourth-order valence-corrected chi connectivity index (χ4v) is 6.28. The lowest BCUT2D eigenvalue weighted by Crippen LogP contribution is -2.54. The van der Waals surface area contributed by atoms with Crippen molar-refractivity contribution in [1.29, 1.82) is 0 Å². The lowest BCUT2D eigenvalue weighted by Gasteiger charge is -2.50. The average Bonchev–Trinajstić information content (AvgIpc) is 3.65. The number of aliphatic hydroxyl groups excluding tert-OH is 1. The van der Waals surface area contributed by atoms with Gasteiger partial charge in [-0.25, -0.2) is 4.39 Å². The maximum absolute atomic E-state index is 14.6. The van der Waals surface area contributed by atoms with Crippen molar-refractivity contribution in [2.45, 2.75) is 43.7 Å². The molecule has 2 N–H and O–H groups in total. The summed E-state index contributed by atoms with van der Waals surface area (Å²) in [5.41, 5.74) is 3.68. The van der Waals surface area contributed by atoms with Crippen molar-refractivity contribution >= 4 is 16.8 Å². The van der Waals surface area contributed by atoms with Crippen LogP contribution in [-0.4, -0.2) is 59.1 Å². The molecule has 0 unspecified atom stereocenters. The molecule has 0 radical (unpaired) electrons. The molecular weight excluding hydrogens is 445 g/mol. The molecule has 35 heavy (non-hydrogen) atoms. The van der Waals surface area contributed by atoms with E-state index >= 15 is 0 Å². The van der Waals surface area contributed by atoms with E-state index in [4.69, 9.17) is 4.74 Å². The smallest absolute Gasteiger partial charge is 0.225 e. The summed E-state index contributed by atoms with van der Waals surface area (Å²) >= 11 is 0. The van der Waals surface area contributed by atoms with Crippen molar-refractivity contribution in [2.24, 2.45) is 5.92 Å². The third-order valence-electron chi connectivity index (χ3n) is 8.31. The van der Waals surface area contributed by atoms with Crippen molar-refractivity contribution in [3.63, 3.8) is 0 Å². The van der Waals surface area contributed by atoms with Gasteiger partial charge >= 0.3 is 0 Å². The third kappa shape index (κ3) is 3.81. The molecule has 184 valence electrons. The number of aliphatic hydroxyl groups is 1. The first-order valence-corrected chi connectivity index (χ1v) is 12.6. The Labute approximate surface area is 204 Å². The normalized spacial score (nSPS) is 21.9. The second-order valence-electron chi connectivity index (χ2n) is 10.4. The summed E-state index contributed by atoms with van der Waals surface area (Å²) in [6.45, 7) is 2.53. The number of fused-ring (bicyclic) bond motifs is 4. The van der Waals surface area contributed by atoms with Crippen LogP contribution in [0, 0.1) is 11.7 Å². The van der Waals surface area contributed by atoms with Gasteiger partial charge < -0.3 is 19.7 Å². The van der Waals surface area contributed by atoms with Crippen molar-refractivity contribution in [1.82, 2.24) is 14.8 Å². The van der Waals surface area contributed by atoms with Gasteiger partial charge in [0.25, 0.3) is 0 Å². The molecule has 1 saturated heterocycles. The second-order valence-corrected chi connectivity index (χ2v) is 10.4. The number of aromatic amines is 1. The number of hydrogen-bond acceptors (Lipinski definition) is 4. The fraction of sp³-hybridized carbons (Fsp3) is 0.464. The molecule has 6 rings (SSSR count). The van der Waals surface area contributed by atoms with Crippen LogP contribution in [0.3, 0.4) is 0 Å². The van der Waals surface area contributed by atoms with Gasteiger partial charge in [-0.1, -0.05) is 18.2 Å². The van der Waals surface area contributed by atoms with Crippen LogP contribution in [0.1, 0.15) is 48.5 Å². The number of H-pyrrole nitrogens is 1. The number of hydrogen-bond donors (Lipinski definition) is 2. The molecule has 3 aliphatic rings. The van der Waals surface area contributed by atoms with Gasteiger partial charge in [0.1, 0.15) is 11.6 Å². The zero-order valence-corrected chi connectivity index (χ0v) is 20.1. The highest BCUT2D eigenvalue weighted by atomic mass is 19.1. The minimum atomic E-state index is -0.264. The van der Waals surface area contributed by atoms with Crippen molar-refractivity contribution in [2.75, 3.05) is 33.4 Å². The van der Waals surface area contributed by atoms with Crippen LogP contribution in [0.5, 0.6) is 5.75 Å². The van der Waals surface area contributed by atoms with Gasteiger partial charge in [-0.05, 0) is 49.4 Å². The SMILES string of the molecule is COc1ccc2c3c([nH]c2c1)[C@@H](CO)N(Cc1ccccc1F)CC31CCN(C(=O)C2CC2)CC1. The summed E-state index contributed by atoms with van der Waals surface area (Å²) in [7, 11) is 1.66. The van der Waals surface area contributed by atoms with Gasteiger partial charge in [0.05, 0.1) is 19.8 Å². The van der Waals surface area contributed by atoms with Crippen molar-refractivity contribution < 1.29 is 19.0 Å². The number of nitrogens with zero attached hydrogens (tertiary/aromatic N) is 2. The first-order chi connectivity index (χ1) is 17.0. The minimum absolute atomic E-state index is 0.0617. The number of amides is 1. The summed E-state index contributed by atoms with van der Waals surface area (Å²) in [6.07, 6.45) is 3.74. The predicted octanol–water partition coefficient (Wildman–Crippen LogP) is 4.14. The Kier molecular flexibility index (Phi) is 5.57. The van der Waals surface area contributed by atoms with E-state index in [0.29, 0.717) is 24.6 Å². The number of aromatic nitrogens is 1. The topological polar surface area (TPSA) is 68.8 Å². The quantitative estimate of drug-likeness (QED) is 0.580. The highest BCUT2D eigenvalue weighted by Gasteiger charge is 2.48. The van der Waals surface area contributed by atoms with Gasteiger partial charge in [-0.2, -0.15) is 0 Å². The number of halogens is 1. The number of rotatable bonds is 5. The first-order valence-electron chi connectivity index (χ1n) is 12.6. The van der Waals surface area contributed by atoms with Crippen LogP contribution in [0.25, 0.3) is 10.9 Å². The zero-order valence-electron chi connectivity index (χ0n) is 20.1. The maximum atomic E-state index is 14.6. The van der Waals surface area contributed by atoms with E-state index in [1.165, 1.54) is 11.6 Å². The van der Waals surface area contributed by atoms with Crippen LogP contribution < -0.4 is 4.74 Å². The monoisotopic (exact) mass is 477 g/mol. The number of methoxy groups -OCH3 is 1. The molecule has 2 aliphatic heterocycles. The van der Waals surface area contributed by atoms with Crippen molar-refractivity contribution in [3.05, 3.63) is 65.1 Å². The second kappa shape index (κ2) is 8.64. The molecule has 0 bridgehead atoms. The van der Waals surface area contributed by atoms with E-state index < -0.39 is 0 Å². The maximum Gasteiger partial charge on any atom is 0.225 e. The van der Waals surface area contributed by atoms with E-state index in [0.717, 1.165) is 61.1 Å². The number of carbonyl (C=O) groups is 1. The molecule has 1 amide bonds. The highest BCUT2D eigenvalue weighted by molar-refractivity contribution is 5.88. The predicted molar refractivity (Wildman–Crippen MR) is 132 cm³/mol. The summed E-state index contributed by atoms with van der Waals surface area (Å²) in [6, 6.07) is 12.7. The molecule has 1 aromatic heterocycles. The van der Waals surface area contributed by atoms with Gasteiger partial charge in [0, 0.05) is 65.7 Å². The van der Waals surface area contributed by atoms with Crippen LogP contribution in [-0.2, 0) is 16.8 Å². The lowest BCUT2D eigenvalue weighted by molar-refractivity contribution is -0.134. The Hall–Kier alpha value is -2.90. The minimum Gasteiger partial charge on any atom is -0.497 e. The molecular formula is C28H32FN3O3. The molecule has 1 spiro atoms. The Morgan fingerprint density at radius 3 is 2.66 bits per heavy atom. The van der Waals surface area contributed by atoms with Gasteiger partial charge in [-0.15, -0.1) is 0 Å². The molecule has 1 saturated carbocycles. The van der Waals surface area contributed by atoms with Gasteiger partial charge in [0.2, 0.25) is 5.91 Å². The summed E-state index contributed by atoms with van der Waals surface area (Å²) in [4.78, 5) is 20.6. The number of ether oxygens (including phenoxy) is 1. The van der Waals surface area contributed by atoms with Crippen LogP contribution in [0.4, 0.5) is 4.39 Å². The molecule has 3 heterocycles. The van der Waals surface area contributed by atoms with Crippen LogP contribution in [0.15, 0.2) is 42.5 Å². The Morgan fingerprint density at radius 2 is 1.97 bits per heavy atom. The van der Waals surface area contributed by atoms with E-state index in [9.17, 15) is 14.3 Å². The number of piperidine rings is 1. The molecule has 6 nitrogen and oxygen atoms in total. The van der Waals surface area contributed by atoms with E-state index in [-0.39, 0.29) is 29.8 Å². The average molecular weight is 478 g/mol. The van der Waals surface area contributed by atoms with Gasteiger partial charge in [-0.3, -0.25) is 9.69 Å². The summed E-state index contributed by atoms with van der Waals surface area (Å²) < 4.78 is 20.1. The molecule has 7 heteroatoms. The lowest BCUT2D eigenvalue weighted by atomic mass is 9.68. The van der Waals surface area contributed by atoms with E-state index in [2.05, 4.69) is 16.0 Å². The van der Waals surface area contributed by atoms with Crippen LogP contribution in [0.2, 0.25) is 0 Å². The Bertz CT molecular complexity index is 1260. The standard InChI is InChI=1S/C28H32FN3O3/c1-35-20-8-9-21-23(14-20)30-26-24(16-33)32(15-19-4-2-3-5-22(19)29)17-28(25(21)26)10-12-31(13-11-28)27(34)18-6-7-18/h2-5,8-9,14,18,24,30,33H,6-7,10-13,15-17H2,1H3/t24-/m1/s1. The summed E-state index contributed by atoms with van der Waals surface area (Å²) in [5.74, 6) is 1.08. The number of benzene rings is 2. The third-order valence-corrected chi connectivity index (χ3v) is 8.31. The Balaban J connectivity index is 1.42. The van der Waals surface area contributed by atoms with Crippen LogP contribution >= 0.6 is 0 Å². The van der Waals surface area contributed by atoms with Crippen molar-refractivity contribution in [3.8, 4) is 5.75 Å². The molecule has 2 aromatic carbocycles. The molecule has 1 aliphatic carbocycles. The molecule has 1 atom stereocenters. The fourth-order valence-electron chi connectivity index (χ4n) is 6.28. The number of nitrogens with one attached hydrogen (secondary N) is 1. The molecule has 2 fully saturated rings. The first kappa shape index (κ1) is 22.6. The van der Waals surface area contributed by atoms with E-state index in [1.54, 1.807) is 13.2 Å². The zero-order chi connectivity index (χ0) is 24.2. The molecule has 3 aromatic rings. The Morgan fingerprint density at radius 1 is 1.20 bits per heavy atom. The summed E-state index contributed by atoms with van der Waals surface area (Å²) in [5, 5.41) is 11.7. The number of carbonyl (C=O) groups excluding carboxylic acids is 1. The highest BCUT2D eigenvalue weighted by Crippen LogP contribution is 2.49. The number of likely N-dealkylation sites (tertiary alicyclic amines) is 1. The van der Waals surface area contributed by atoms with E-state index in [1.807, 2.05) is 29.2 Å². The largest absolute Gasteiger partial charge is 0.497 e. The van der Waals surface area contributed by atoms with Gasteiger partial charge in [0.15, 0.2) is 0 Å².